The first-order valence-electron chi connectivity index (χ1n) is 6.47. The molecule has 1 amide bonds. The van der Waals surface area contributed by atoms with E-state index in [4.69, 9.17) is 10.5 Å². The van der Waals surface area contributed by atoms with Gasteiger partial charge in [-0.2, -0.15) is 0 Å². The van der Waals surface area contributed by atoms with E-state index in [0.717, 1.165) is 10.0 Å². The first-order chi connectivity index (χ1) is 9.11. The third-order valence-electron chi connectivity index (χ3n) is 3.37. The number of nitrogens with zero attached hydrogens (tertiary/aromatic N) is 1. The minimum absolute atomic E-state index is 0. The van der Waals surface area contributed by atoms with E-state index in [2.05, 4.69) is 15.9 Å². The highest BCUT2D eigenvalue weighted by atomic mass is 79.9. The smallest absolute Gasteiger partial charge is 0.226 e. The highest BCUT2D eigenvalue weighted by Gasteiger charge is 2.27. The fraction of sp³-hybridized carbons (Fsp3) is 0.500. The van der Waals surface area contributed by atoms with Gasteiger partial charge in [-0.1, -0.05) is 35.0 Å². The maximum atomic E-state index is 12.2. The molecule has 112 valence electrons. The normalized spacial score (nSPS) is 20.1. The average Bonchev–Trinajstić information content (AvgIpc) is 2.46. The number of benzene rings is 1. The van der Waals surface area contributed by atoms with Crippen molar-refractivity contribution in [3.63, 3.8) is 0 Å². The van der Waals surface area contributed by atoms with Gasteiger partial charge in [-0.25, -0.2) is 0 Å². The third kappa shape index (κ3) is 4.19. The van der Waals surface area contributed by atoms with Gasteiger partial charge in [-0.15, -0.1) is 12.4 Å². The molecular formula is C14H20BrClN2O2. The highest BCUT2D eigenvalue weighted by molar-refractivity contribution is 9.10. The zero-order chi connectivity index (χ0) is 13.8. The van der Waals surface area contributed by atoms with Crippen LogP contribution in [0.2, 0.25) is 0 Å². The Kier molecular flexibility index (Phi) is 6.95. The molecule has 2 rings (SSSR count). The number of halogens is 2. The van der Waals surface area contributed by atoms with Crippen molar-refractivity contribution in [1.29, 1.82) is 0 Å². The second-order valence-electron chi connectivity index (χ2n) is 4.84. The van der Waals surface area contributed by atoms with Crippen LogP contribution in [0.15, 0.2) is 28.7 Å². The summed E-state index contributed by atoms with van der Waals surface area (Å²) in [6, 6.07) is 8.01. The summed E-state index contributed by atoms with van der Waals surface area (Å²) in [5.41, 5.74) is 6.65. The fourth-order valence-electron chi connectivity index (χ4n) is 2.17. The second-order valence-corrected chi connectivity index (χ2v) is 5.75. The molecule has 0 saturated carbocycles. The second kappa shape index (κ2) is 7.98. The summed E-state index contributed by atoms with van der Waals surface area (Å²) in [7, 11) is 0. The Balaban J connectivity index is 0.00000200. The molecule has 1 aliphatic heterocycles. The van der Waals surface area contributed by atoms with E-state index in [1.807, 2.05) is 36.1 Å². The van der Waals surface area contributed by atoms with Crippen LogP contribution >= 0.6 is 28.3 Å². The maximum Gasteiger partial charge on any atom is 0.226 e. The van der Waals surface area contributed by atoms with Crippen LogP contribution in [-0.2, 0) is 9.53 Å². The number of carbonyl (C=O) groups is 1. The molecule has 4 nitrogen and oxygen atoms in total. The third-order valence-corrected chi connectivity index (χ3v) is 3.87. The van der Waals surface area contributed by atoms with Crippen LogP contribution in [0.5, 0.6) is 0 Å². The lowest BCUT2D eigenvalue weighted by Crippen LogP contribution is -2.45. The number of nitrogens with two attached hydrogens (primary N) is 1. The van der Waals surface area contributed by atoms with Crippen molar-refractivity contribution in [1.82, 2.24) is 4.90 Å². The lowest BCUT2D eigenvalue weighted by Gasteiger charge is -2.34. The Morgan fingerprint density at radius 1 is 1.60 bits per heavy atom. The predicted octanol–water partition coefficient (Wildman–Crippen LogP) is 2.37. The minimum atomic E-state index is -0.124. The SMILES string of the molecule is CC(CN)C(=O)N1CCOC(c2cccc(Br)c2)C1.Cl. The predicted molar refractivity (Wildman–Crippen MR) is 84.9 cm³/mol. The van der Waals surface area contributed by atoms with Gasteiger partial charge in [0.2, 0.25) is 5.91 Å². The molecule has 0 spiro atoms. The Bertz CT molecular complexity index is 459. The van der Waals surface area contributed by atoms with Crippen LogP contribution in [0, 0.1) is 5.92 Å². The topological polar surface area (TPSA) is 55.6 Å². The molecule has 2 N–H and O–H groups in total. The van der Waals surface area contributed by atoms with Crippen molar-refractivity contribution in [3.05, 3.63) is 34.3 Å². The molecule has 1 aromatic carbocycles. The van der Waals surface area contributed by atoms with Gasteiger partial charge in [0.1, 0.15) is 6.10 Å². The quantitative estimate of drug-likeness (QED) is 0.897. The van der Waals surface area contributed by atoms with Crippen LogP contribution in [-0.4, -0.2) is 37.0 Å². The molecule has 6 heteroatoms. The fourth-order valence-corrected chi connectivity index (χ4v) is 2.59. The molecular weight excluding hydrogens is 344 g/mol. The van der Waals surface area contributed by atoms with Gasteiger partial charge in [0, 0.05) is 23.5 Å². The molecule has 2 atom stereocenters. The lowest BCUT2D eigenvalue weighted by molar-refractivity contribution is -0.142. The van der Waals surface area contributed by atoms with Crippen molar-refractivity contribution in [3.8, 4) is 0 Å². The molecule has 1 aliphatic rings. The summed E-state index contributed by atoms with van der Waals surface area (Å²) in [6.07, 6.45) is -0.0554. The maximum absolute atomic E-state index is 12.2. The molecule has 1 fully saturated rings. The number of amides is 1. The summed E-state index contributed by atoms with van der Waals surface area (Å²) in [6.45, 7) is 4.07. The van der Waals surface area contributed by atoms with Crippen molar-refractivity contribution < 1.29 is 9.53 Å². The standard InChI is InChI=1S/C14H19BrN2O2.ClH/c1-10(8-16)14(18)17-5-6-19-13(9-17)11-3-2-4-12(15)7-11;/h2-4,7,10,13H,5-6,8-9,16H2,1H3;1H. The molecule has 1 saturated heterocycles. The Labute approximate surface area is 134 Å². The summed E-state index contributed by atoms with van der Waals surface area (Å²) < 4.78 is 6.79. The van der Waals surface area contributed by atoms with Gasteiger partial charge in [0.25, 0.3) is 0 Å². The van der Waals surface area contributed by atoms with Crippen molar-refractivity contribution in [2.45, 2.75) is 13.0 Å². The first-order valence-corrected chi connectivity index (χ1v) is 7.27. The van der Waals surface area contributed by atoms with E-state index in [0.29, 0.717) is 26.2 Å². The van der Waals surface area contributed by atoms with Gasteiger partial charge in [-0.05, 0) is 17.7 Å². The average molecular weight is 364 g/mol. The number of morpholine rings is 1. The summed E-state index contributed by atoms with van der Waals surface area (Å²) in [5.74, 6) is -0.00736. The van der Waals surface area contributed by atoms with Gasteiger partial charge in [0.05, 0.1) is 13.2 Å². The van der Waals surface area contributed by atoms with Gasteiger partial charge in [-0.3, -0.25) is 4.79 Å². The molecule has 0 aliphatic carbocycles. The van der Waals surface area contributed by atoms with Crippen LogP contribution in [0.3, 0.4) is 0 Å². The number of rotatable bonds is 3. The first kappa shape index (κ1) is 17.4. The largest absolute Gasteiger partial charge is 0.370 e. The van der Waals surface area contributed by atoms with Crippen molar-refractivity contribution in [2.75, 3.05) is 26.2 Å². The van der Waals surface area contributed by atoms with E-state index in [-0.39, 0.29) is 30.3 Å². The molecule has 0 radical (unpaired) electrons. The van der Waals surface area contributed by atoms with Crippen LogP contribution < -0.4 is 5.73 Å². The van der Waals surface area contributed by atoms with Crippen LogP contribution in [0.1, 0.15) is 18.6 Å². The number of hydrogen-bond acceptors (Lipinski definition) is 3. The molecule has 0 aromatic heterocycles. The van der Waals surface area contributed by atoms with E-state index >= 15 is 0 Å². The van der Waals surface area contributed by atoms with E-state index in [1.165, 1.54) is 0 Å². The van der Waals surface area contributed by atoms with Crippen LogP contribution in [0.25, 0.3) is 0 Å². The van der Waals surface area contributed by atoms with Gasteiger partial charge >= 0.3 is 0 Å². The Morgan fingerprint density at radius 2 is 2.35 bits per heavy atom. The van der Waals surface area contributed by atoms with Gasteiger partial charge < -0.3 is 15.4 Å². The van der Waals surface area contributed by atoms with E-state index in [1.54, 1.807) is 0 Å². The zero-order valence-corrected chi connectivity index (χ0v) is 13.8. The van der Waals surface area contributed by atoms with Gasteiger partial charge in [0.15, 0.2) is 0 Å². The number of carbonyl (C=O) groups excluding carboxylic acids is 1. The molecule has 20 heavy (non-hydrogen) atoms. The van der Waals surface area contributed by atoms with E-state index in [9.17, 15) is 4.79 Å². The number of hydrogen-bond donors (Lipinski definition) is 1. The highest BCUT2D eigenvalue weighted by Crippen LogP contribution is 2.25. The molecule has 2 unspecified atom stereocenters. The zero-order valence-electron chi connectivity index (χ0n) is 11.4. The van der Waals surface area contributed by atoms with E-state index < -0.39 is 0 Å². The Hall–Kier alpha value is -0.620. The lowest BCUT2D eigenvalue weighted by atomic mass is 10.1. The van der Waals surface area contributed by atoms with Crippen molar-refractivity contribution in [2.24, 2.45) is 11.7 Å². The monoisotopic (exact) mass is 362 g/mol. The summed E-state index contributed by atoms with van der Waals surface area (Å²) in [5, 5.41) is 0. The number of ether oxygens (including phenoxy) is 1. The summed E-state index contributed by atoms with van der Waals surface area (Å²) >= 11 is 3.45. The summed E-state index contributed by atoms with van der Waals surface area (Å²) in [4.78, 5) is 14.0. The van der Waals surface area contributed by atoms with Crippen molar-refractivity contribution >= 4 is 34.2 Å². The molecule has 1 aromatic rings. The molecule has 0 bridgehead atoms. The van der Waals surface area contributed by atoms with Crippen LogP contribution in [0.4, 0.5) is 0 Å². The molecule has 1 heterocycles. The Morgan fingerprint density at radius 3 is 3.00 bits per heavy atom. The minimum Gasteiger partial charge on any atom is -0.370 e.